The smallest absolute Gasteiger partial charge is 0.239 e. The maximum Gasteiger partial charge on any atom is 0.239 e. The maximum atomic E-state index is 12.4. The molecule has 0 aliphatic carbocycles. The molecule has 0 fully saturated rings. The third-order valence-corrected chi connectivity index (χ3v) is 4.96. The Morgan fingerprint density at radius 1 is 1.17 bits per heavy atom. The van der Waals surface area contributed by atoms with Crippen LogP contribution in [-0.4, -0.2) is 25.0 Å². The molecule has 0 saturated heterocycles. The molecule has 3 nitrogen and oxygen atoms in total. The first-order chi connectivity index (χ1) is 11.6. The number of aryl methyl sites for hydroxylation is 2. The van der Waals surface area contributed by atoms with Gasteiger partial charge >= 0.3 is 0 Å². The number of benzene rings is 2. The number of anilines is 1. The first kappa shape index (κ1) is 16.6. The molecule has 2 aromatic rings. The van der Waals surface area contributed by atoms with Gasteiger partial charge in [0.1, 0.15) is 0 Å². The number of carbonyl (C=O) groups is 1. The highest BCUT2D eigenvalue weighted by Crippen LogP contribution is 2.29. The Morgan fingerprint density at radius 2 is 1.92 bits per heavy atom. The molecule has 0 unspecified atom stereocenters. The van der Waals surface area contributed by atoms with E-state index in [0.29, 0.717) is 19.1 Å². The molecule has 1 atom stereocenters. The largest absolute Gasteiger partial charge is 0.359 e. The molecule has 1 heterocycles. The molecule has 1 aliphatic heterocycles. The summed E-state index contributed by atoms with van der Waals surface area (Å²) in [5, 5.41) is 3.08. The Morgan fingerprint density at radius 3 is 2.75 bits per heavy atom. The van der Waals surface area contributed by atoms with Gasteiger partial charge in [0.05, 0.1) is 6.54 Å². The topological polar surface area (TPSA) is 32.3 Å². The maximum absolute atomic E-state index is 12.4. The van der Waals surface area contributed by atoms with Crippen molar-refractivity contribution in [3.63, 3.8) is 0 Å². The molecule has 0 bridgehead atoms. The summed E-state index contributed by atoms with van der Waals surface area (Å²) in [4.78, 5) is 14.6. The SMILES string of the molecule is Cc1ccccc1CCNC(=O)CN1c2ccccc2CC[C@H]1C. The molecule has 0 aromatic heterocycles. The van der Waals surface area contributed by atoms with Gasteiger partial charge in [-0.3, -0.25) is 4.79 Å². The number of para-hydroxylation sites is 1. The van der Waals surface area contributed by atoms with Crippen LogP contribution in [0, 0.1) is 6.92 Å². The van der Waals surface area contributed by atoms with Crippen LogP contribution in [0.4, 0.5) is 5.69 Å². The summed E-state index contributed by atoms with van der Waals surface area (Å²) in [5.41, 5.74) is 5.15. The van der Waals surface area contributed by atoms with E-state index < -0.39 is 0 Å². The molecule has 2 aromatic carbocycles. The Hall–Kier alpha value is -2.29. The molecule has 24 heavy (non-hydrogen) atoms. The van der Waals surface area contributed by atoms with E-state index in [-0.39, 0.29) is 5.91 Å². The normalized spacial score (nSPS) is 16.6. The summed E-state index contributed by atoms with van der Waals surface area (Å²) in [5.74, 6) is 0.104. The number of nitrogens with zero attached hydrogens (tertiary/aromatic N) is 1. The number of hydrogen-bond acceptors (Lipinski definition) is 2. The summed E-state index contributed by atoms with van der Waals surface area (Å²) in [6, 6.07) is 17.2. The Labute approximate surface area is 144 Å². The van der Waals surface area contributed by atoms with Gasteiger partial charge in [-0.2, -0.15) is 0 Å². The van der Waals surface area contributed by atoms with Crippen molar-refractivity contribution in [2.75, 3.05) is 18.0 Å². The first-order valence-corrected chi connectivity index (χ1v) is 8.81. The molecule has 1 aliphatic rings. The van der Waals surface area contributed by atoms with Crippen LogP contribution in [0.25, 0.3) is 0 Å². The van der Waals surface area contributed by atoms with Gasteiger partial charge in [-0.05, 0) is 55.9 Å². The zero-order valence-electron chi connectivity index (χ0n) is 14.6. The molecule has 0 radical (unpaired) electrons. The van der Waals surface area contributed by atoms with Crippen molar-refractivity contribution in [1.82, 2.24) is 5.32 Å². The number of nitrogens with one attached hydrogen (secondary N) is 1. The Bertz CT molecular complexity index is 710. The van der Waals surface area contributed by atoms with Crippen LogP contribution >= 0.6 is 0 Å². The highest BCUT2D eigenvalue weighted by molar-refractivity contribution is 5.82. The molecule has 3 rings (SSSR count). The predicted octanol–water partition coefficient (Wildman–Crippen LogP) is 3.50. The zero-order valence-corrected chi connectivity index (χ0v) is 14.6. The first-order valence-electron chi connectivity index (χ1n) is 8.81. The lowest BCUT2D eigenvalue weighted by Crippen LogP contribution is -2.44. The van der Waals surface area contributed by atoms with Crippen molar-refractivity contribution in [2.24, 2.45) is 0 Å². The van der Waals surface area contributed by atoms with E-state index in [1.54, 1.807) is 0 Å². The van der Waals surface area contributed by atoms with Crippen LogP contribution in [0.1, 0.15) is 30.0 Å². The quantitative estimate of drug-likeness (QED) is 0.914. The monoisotopic (exact) mass is 322 g/mol. The summed E-state index contributed by atoms with van der Waals surface area (Å²) >= 11 is 0. The number of hydrogen-bond donors (Lipinski definition) is 1. The minimum atomic E-state index is 0.104. The summed E-state index contributed by atoms with van der Waals surface area (Å²) in [6.07, 6.45) is 3.08. The molecule has 126 valence electrons. The van der Waals surface area contributed by atoms with Crippen LogP contribution in [0.15, 0.2) is 48.5 Å². The number of carbonyl (C=O) groups excluding carboxylic acids is 1. The van der Waals surface area contributed by atoms with Crippen molar-refractivity contribution in [3.05, 3.63) is 65.2 Å². The molecule has 0 saturated carbocycles. The van der Waals surface area contributed by atoms with Crippen molar-refractivity contribution < 1.29 is 4.79 Å². The van der Waals surface area contributed by atoms with E-state index in [2.05, 4.69) is 66.5 Å². The second-order valence-electron chi connectivity index (χ2n) is 6.67. The van der Waals surface area contributed by atoms with E-state index in [9.17, 15) is 4.79 Å². The van der Waals surface area contributed by atoms with Crippen LogP contribution < -0.4 is 10.2 Å². The minimum Gasteiger partial charge on any atom is -0.359 e. The number of rotatable bonds is 5. The summed E-state index contributed by atoms with van der Waals surface area (Å²) in [7, 11) is 0. The zero-order chi connectivity index (χ0) is 16.9. The second-order valence-corrected chi connectivity index (χ2v) is 6.67. The number of amides is 1. The average molecular weight is 322 g/mol. The van der Waals surface area contributed by atoms with E-state index in [1.807, 2.05) is 6.07 Å². The van der Waals surface area contributed by atoms with E-state index in [4.69, 9.17) is 0 Å². The lowest BCUT2D eigenvalue weighted by Gasteiger charge is -2.36. The van der Waals surface area contributed by atoms with Crippen molar-refractivity contribution in [2.45, 2.75) is 39.2 Å². The molecule has 0 spiro atoms. The molecular formula is C21H26N2O. The number of fused-ring (bicyclic) bond motifs is 1. The van der Waals surface area contributed by atoms with Gasteiger partial charge in [0, 0.05) is 18.3 Å². The average Bonchev–Trinajstić information content (AvgIpc) is 2.59. The van der Waals surface area contributed by atoms with E-state index >= 15 is 0 Å². The van der Waals surface area contributed by atoms with Gasteiger partial charge in [0.25, 0.3) is 0 Å². The minimum absolute atomic E-state index is 0.104. The fourth-order valence-corrected chi connectivity index (χ4v) is 3.44. The second kappa shape index (κ2) is 7.52. The fraction of sp³-hybridized carbons (Fsp3) is 0.381. The fourth-order valence-electron chi connectivity index (χ4n) is 3.44. The van der Waals surface area contributed by atoms with Crippen molar-refractivity contribution >= 4 is 11.6 Å². The van der Waals surface area contributed by atoms with Gasteiger partial charge in [0.15, 0.2) is 0 Å². The van der Waals surface area contributed by atoms with Crippen LogP contribution in [-0.2, 0) is 17.6 Å². The van der Waals surface area contributed by atoms with E-state index in [0.717, 1.165) is 19.3 Å². The highest BCUT2D eigenvalue weighted by atomic mass is 16.2. The van der Waals surface area contributed by atoms with Crippen molar-refractivity contribution in [3.8, 4) is 0 Å². The lowest BCUT2D eigenvalue weighted by atomic mass is 9.96. The van der Waals surface area contributed by atoms with Gasteiger partial charge in [0.2, 0.25) is 5.91 Å². The van der Waals surface area contributed by atoms with Crippen molar-refractivity contribution in [1.29, 1.82) is 0 Å². The lowest BCUT2D eigenvalue weighted by molar-refractivity contribution is -0.119. The molecule has 3 heteroatoms. The summed E-state index contributed by atoms with van der Waals surface area (Å²) in [6.45, 7) is 5.44. The van der Waals surface area contributed by atoms with Crippen LogP contribution in [0.5, 0.6) is 0 Å². The standard InChI is InChI=1S/C21H26N2O/c1-16-7-3-4-8-18(16)13-14-22-21(24)15-23-17(2)11-12-19-9-5-6-10-20(19)23/h3-10,17H,11-15H2,1-2H3,(H,22,24)/t17-/m1/s1. The third kappa shape index (κ3) is 3.78. The third-order valence-electron chi connectivity index (χ3n) is 4.96. The van der Waals surface area contributed by atoms with Gasteiger partial charge in [-0.1, -0.05) is 42.5 Å². The van der Waals surface area contributed by atoms with Gasteiger partial charge in [-0.25, -0.2) is 0 Å². The summed E-state index contributed by atoms with van der Waals surface area (Å²) < 4.78 is 0. The van der Waals surface area contributed by atoms with Gasteiger partial charge in [-0.15, -0.1) is 0 Å². The van der Waals surface area contributed by atoms with Crippen LogP contribution in [0.3, 0.4) is 0 Å². The molecule has 1 N–H and O–H groups in total. The highest BCUT2D eigenvalue weighted by Gasteiger charge is 2.24. The van der Waals surface area contributed by atoms with Gasteiger partial charge < -0.3 is 10.2 Å². The van der Waals surface area contributed by atoms with E-state index in [1.165, 1.54) is 22.4 Å². The molecule has 1 amide bonds. The predicted molar refractivity (Wildman–Crippen MR) is 99.5 cm³/mol. The van der Waals surface area contributed by atoms with Crippen LogP contribution in [0.2, 0.25) is 0 Å². The Balaban J connectivity index is 1.56. The Kier molecular flexibility index (Phi) is 5.19. The molecular weight excluding hydrogens is 296 g/mol.